The van der Waals surface area contributed by atoms with E-state index < -0.39 is 9.84 Å². The molecule has 1 aromatic rings. The van der Waals surface area contributed by atoms with Gasteiger partial charge in [0, 0.05) is 24.4 Å². The molecule has 1 aromatic carbocycles. The van der Waals surface area contributed by atoms with Gasteiger partial charge in [-0.3, -0.25) is 9.59 Å². The van der Waals surface area contributed by atoms with Gasteiger partial charge in [-0.15, -0.1) is 0 Å². The predicted octanol–water partition coefficient (Wildman–Crippen LogP) is 1.35. The van der Waals surface area contributed by atoms with E-state index in [1.54, 1.807) is 31.4 Å². The van der Waals surface area contributed by atoms with Crippen molar-refractivity contribution in [1.82, 2.24) is 5.32 Å². The molecule has 1 aliphatic heterocycles. The molecule has 1 amide bonds. The molecule has 0 bridgehead atoms. The highest BCUT2D eigenvalue weighted by Gasteiger charge is 2.28. The van der Waals surface area contributed by atoms with Crippen LogP contribution in [-0.4, -0.2) is 44.8 Å². The Morgan fingerprint density at radius 1 is 1.22 bits per heavy atom. The molecule has 6 nitrogen and oxygen atoms in total. The summed E-state index contributed by atoms with van der Waals surface area (Å²) >= 11 is 0. The van der Waals surface area contributed by atoms with Crippen LogP contribution < -0.4 is 10.1 Å². The molecule has 0 saturated carbocycles. The number of carbonyl (C=O) groups is 2. The minimum absolute atomic E-state index is 0.0174. The number of hydrogen-bond acceptors (Lipinski definition) is 5. The van der Waals surface area contributed by atoms with Gasteiger partial charge >= 0.3 is 0 Å². The number of Topliss-reactive ketones (excluding diaryl/α,β-unsaturated/α-hetero) is 1. The smallest absolute Gasteiger partial charge is 0.220 e. The van der Waals surface area contributed by atoms with Crippen LogP contribution in [0.1, 0.15) is 36.0 Å². The van der Waals surface area contributed by atoms with Gasteiger partial charge in [-0.1, -0.05) is 0 Å². The molecule has 0 aliphatic carbocycles. The first kappa shape index (κ1) is 17.5. The second-order valence-electron chi connectivity index (χ2n) is 5.67. The van der Waals surface area contributed by atoms with Crippen LogP contribution in [0.25, 0.3) is 0 Å². The first-order chi connectivity index (χ1) is 10.9. The second kappa shape index (κ2) is 7.59. The average Bonchev–Trinajstić information content (AvgIpc) is 2.86. The van der Waals surface area contributed by atoms with Crippen LogP contribution >= 0.6 is 0 Å². The summed E-state index contributed by atoms with van der Waals surface area (Å²) in [6, 6.07) is 6.56. The summed E-state index contributed by atoms with van der Waals surface area (Å²) in [5.74, 6) is 0.614. The maximum atomic E-state index is 12.0. The summed E-state index contributed by atoms with van der Waals surface area (Å²) in [6.07, 6.45) is 1.41. The van der Waals surface area contributed by atoms with E-state index in [4.69, 9.17) is 4.74 Å². The lowest BCUT2D eigenvalue weighted by Gasteiger charge is -2.10. The third kappa shape index (κ3) is 5.35. The van der Waals surface area contributed by atoms with Crippen LogP contribution in [0.5, 0.6) is 5.75 Å². The van der Waals surface area contributed by atoms with E-state index in [-0.39, 0.29) is 42.1 Å². The first-order valence-corrected chi connectivity index (χ1v) is 9.39. The summed E-state index contributed by atoms with van der Waals surface area (Å²) < 4.78 is 27.7. The lowest BCUT2D eigenvalue weighted by atomic mass is 10.1. The van der Waals surface area contributed by atoms with Crippen molar-refractivity contribution < 1.29 is 22.7 Å². The molecule has 23 heavy (non-hydrogen) atoms. The maximum absolute atomic E-state index is 12.0. The fourth-order valence-electron chi connectivity index (χ4n) is 2.54. The van der Waals surface area contributed by atoms with Crippen molar-refractivity contribution in [3.63, 3.8) is 0 Å². The highest BCUT2D eigenvalue weighted by molar-refractivity contribution is 7.91. The lowest BCUT2D eigenvalue weighted by molar-refractivity contribution is -0.121. The van der Waals surface area contributed by atoms with Gasteiger partial charge in [0.25, 0.3) is 0 Å². The van der Waals surface area contributed by atoms with Crippen molar-refractivity contribution in [2.24, 2.45) is 0 Å². The molecule has 2 rings (SSSR count). The van der Waals surface area contributed by atoms with Crippen molar-refractivity contribution in [1.29, 1.82) is 0 Å². The molecule has 1 aliphatic rings. The van der Waals surface area contributed by atoms with Gasteiger partial charge in [-0.05, 0) is 37.1 Å². The molecule has 7 heteroatoms. The molecule has 1 N–H and O–H groups in total. The van der Waals surface area contributed by atoms with Gasteiger partial charge in [-0.25, -0.2) is 8.42 Å². The Labute approximate surface area is 136 Å². The number of rotatable bonds is 7. The number of amides is 1. The van der Waals surface area contributed by atoms with Crippen LogP contribution in [0, 0.1) is 0 Å². The molecule has 1 atom stereocenters. The van der Waals surface area contributed by atoms with Crippen molar-refractivity contribution in [3.05, 3.63) is 29.8 Å². The average molecular weight is 339 g/mol. The molecule has 0 radical (unpaired) electrons. The molecule has 1 unspecified atom stereocenters. The zero-order valence-corrected chi connectivity index (χ0v) is 13.9. The Morgan fingerprint density at radius 3 is 2.48 bits per heavy atom. The zero-order valence-electron chi connectivity index (χ0n) is 13.1. The van der Waals surface area contributed by atoms with Crippen LogP contribution in [0.3, 0.4) is 0 Å². The van der Waals surface area contributed by atoms with Crippen LogP contribution in [0.2, 0.25) is 0 Å². The number of nitrogens with one attached hydrogen (secondary N) is 1. The van der Waals surface area contributed by atoms with Gasteiger partial charge in [0.15, 0.2) is 15.6 Å². The molecule has 1 fully saturated rings. The third-order valence-electron chi connectivity index (χ3n) is 3.82. The monoisotopic (exact) mass is 339 g/mol. The summed E-state index contributed by atoms with van der Waals surface area (Å²) in [6.45, 7) is 0. The fraction of sp³-hybridized carbons (Fsp3) is 0.500. The van der Waals surface area contributed by atoms with E-state index in [0.717, 1.165) is 0 Å². The molecule has 0 spiro atoms. The van der Waals surface area contributed by atoms with E-state index in [1.807, 2.05) is 0 Å². The van der Waals surface area contributed by atoms with Crippen molar-refractivity contribution in [2.45, 2.75) is 31.7 Å². The van der Waals surface area contributed by atoms with Crippen molar-refractivity contribution in [2.75, 3.05) is 18.6 Å². The normalized spacial score (nSPS) is 19.3. The highest BCUT2D eigenvalue weighted by atomic mass is 32.2. The topological polar surface area (TPSA) is 89.5 Å². The van der Waals surface area contributed by atoms with Crippen molar-refractivity contribution in [3.8, 4) is 5.75 Å². The number of ether oxygens (including phenoxy) is 1. The van der Waals surface area contributed by atoms with Gasteiger partial charge < -0.3 is 10.1 Å². The standard InChI is InChI=1S/C16H21NO5S/c1-22-14-7-5-12(6-8-14)15(18)3-2-4-16(19)17-13-9-10-23(20,21)11-13/h5-8,13H,2-4,9-11H2,1H3,(H,17,19). The van der Waals surface area contributed by atoms with Gasteiger partial charge in [-0.2, -0.15) is 0 Å². The van der Waals surface area contributed by atoms with Crippen molar-refractivity contribution >= 4 is 21.5 Å². The van der Waals surface area contributed by atoms with Crippen LogP contribution in [0.4, 0.5) is 0 Å². The lowest BCUT2D eigenvalue weighted by Crippen LogP contribution is -2.35. The number of sulfone groups is 1. The Hall–Kier alpha value is -1.89. The summed E-state index contributed by atoms with van der Waals surface area (Å²) in [7, 11) is -1.44. The number of carbonyl (C=O) groups excluding carboxylic acids is 2. The minimum Gasteiger partial charge on any atom is -0.497 e. The molecular formula is C16H21NO5S. The number of ketones is 1. The van der Waals surface area contributed by atoms with E-state index >= 15 is 0 Å². The summed E-state index contributed by atoms with van der Waals surface area (Å²) in [4.78, 5) is 23.8. The van der Waals surface area contributed by atoms with E-state index in [2.05, 4.69) is 5.32 Å². The van der Waals surface area contributed by atoms with Gasteiger partial charge in [0.05, 0.1) is 18.6 Å². The van der Waals surface area contributed by atoms with Crippen LogP contribution in [0.15, 0.2) is 24.3 Å². The SMILES string of the molecule is COc1ccc(C(=O)CCCC(=O)NC2CCS(=O)(=O)C2)cc1. The second-order valence-corrected chi connectivity index (χ2v) is 7.90. The molecule has 1 saturated heterocycles. The number of hydrogen-bond donors (Lipinski definition) is 1. The summed E-state index contributed by atoms with van der Waals surface area (Å²) in [5, 5.41) is 2.72. The zero-order chi connectivity index (χ0) is 16.9. The summed E-state index contributed by atoms with van der Waals surface area (Å²) in [5.41, 5.74) is 0.591. The Bertz CT molecular complexity index is 666. The first-order valence-electron chi connectivity index (χ1n) is 7.56. The van der Waals surface area contributed by atoms with E-state index in [0.29, 0.717) is 24.2 Å². The Kier molecular flexibility index (Phi) is 5.76. The Morgan fingerprint density at radius 2 is 1.91 bits per heavy atom. The molecular weight excluding hydrogens is 318 g/mol. The van der Waals surface area contributed by atoms with E-state index in [9.17, 15) is 18.0 Å². The largest absolute Gasteiger partial charge is 0.497 e. The minimum atomic E-state index is -3.00. The third-order valence-corrected chi connectivity index (χ3v) is 5.59. The number of methoxy groups -OCH3 is 1. The predicted molar refractivity (Wildman–Crippen MR) is 86.4 cm³/mol. The molecule has 1 heterocycles. The number of benzene rings is 1. The van der Waals surface area contributed by atoms with Gasteiger partial charge in [0.1, 0.15) is 5.75 Å². The molecule has 0 aromatic heterocycles. The van der Waals surface area contributed by atoms with Gasteiger partial charge in [0.2, 0.25) is 5.91 Å². The van der Waals surface area contributed by atoms with E-state index in [1.165, 1.54) is 0 Å². The quantitative estimate of drug-likeness (QED) is 0.758. The Balaban J connectivity index is 1.71. The van der Waals surface area contributed by atoms with Crippen LogP contribution in [-0.2, 0) is 14.6 Å². The molecule has 126 valence electrons. The fourth-order valence-corrected chi connectivity index (χ4v) is 4.21. The highest BCUT2D eigenvalue weighted by Crippen LogP contribution is 2.14. The maximum Gasteiger partial charge on any atom is 0.220 e.